The summed E-state index contributed by atoms with van der Waals surface area (Å²) in [7, 11) is -3.41. The molecule has 5 nitrogen and oxygen atoms in total. The van der Waals surface area contributed by atoms with Gasteiger partial charge in [0, 0.05) is 25.4 Å². The van der Waals surface area contributed by atoms with E-state index in [1.54, 1.807) is 4.90 Å². The number of likely N-dealkylation sites (tertiary alicyclic amines) is 2. The highest BCUT2D eigenvalue weighted by Gasteiger charge is 2.39. The van der Waals surface area contributed by atoms with Crippen molar-refractivity contribution in [3.05, 3.63) is 53.6 Å². The molecule has 0 radical (unpaired) electrons. The van der Waals surface area contributed by atoms with Crippen LogP contribution in [-0.4, -0.2) is 62.6 Å². The van der Waals surface area contributed by atoms with Crippen molar-refractivity contribution in [1.29, 1.82) is 0 Å². The van der Waals surface area contributed by atoms with E-state index in [9.17, 15) is 26.4 Å². The maximum absolute atomic E-state index is 14.0. The number of benzene rings is 2. The standard InChI is InChI=1S/C24H27F3N2O3S/c1-33(31,32)20-9-6-17(7-10-20)18-8-11-21(22(15-18)24(25,26)27)23(30)29-14-4-5-19(29)16-28-12-2-3-13-28/h6-11,15,19H,2-5,12-14,16H2,1H3. The lowest BCUT2D eigenvalue weighted by Gasteiger charge is -2.29. The number of hydrogen-bond acceptors (Lipinski definition) is 4. The van der Waals surface area contributed by atoms with E-state index in [0.717, 1.165) is 51.1 Å². The highest BCUT2D eigenvalue weighted by molar-refractivity contribution is 7.90. The molecule has 0 saturated carbocycles. The van der Waals surface area contributed by atoms with Gasteiger partial charge in [-0.05, 0) is 74.2 Å². The van der Waals surface area contributed by atoms with E-state index in [1.165, 1.54) is 36.4 Å². The first-order valence-electron chi connectivity index (χ1n) is 11.1. The predicted octanol–water partition coefficient (Wildman–Crippen LogP) is 4.48. The van der Waals surface area contributed by atoms with Crippen molar-refractivity contribution in [2.45, 2.75) is 42.8 Å². The highest BCUT2D eigenvalue weighted by Crippen LogP contribution is 2.36. The van der Waals surface area contributed by atoms with Gasteiger partial charge < -0.3 is 9.80 Å². The second-order valence-corrected chi connectivity index (χ2v) is 10.9. The molecule has 2 fully saturated rings. The summed E-state index contributed by atoms with van der Waals surface area (Å²) in [5.41, 5.74) is -0.592. The minimum atomic E-state index is -4.70. The van der Waals surface area contributed by atoms with E-state index >= 15 is 0 Å². The molecule has 1 unspecified atom stereocenters. The van der Waals surface area contributed by atoms with E-state index in [2.05, 4.69) is 4.90 Å². The van der Waals surface area contributed by atoms with Crippen molar-refractivity contribution >= 4 is 15.7 Å². The van der Waals surface area contributed by atoms with Crippen molar-refractivity contribution < 1.29 is 26.4 Å². The second kappa shape index (κ2) is 9.10. The molecule has 2 aliphatic rings. The van der Waals surface area contributed by atoms with Crippen LogP contribution in [0.1, 0.15) is 41.6 Å². The Morgan fingerprint density at radius 2 is 1.61 bits per heavy atom. The summed E-state index contributed by atoms with van der Waals surface area (Å²) in [6, 6.07) is 9.32. The number of carbonyl (C=O) groups excluding carboxylic acids is 1. The third kappa shape index (κ3) is 5.24. The highest BCUT2D eigenvalue weighted by atomic mass is 32.2. The molecule has 1 atom stereocenters. The number of halogens is 3. The van der Waals surface area contributed by atoms with Crippen LogP contribution in [0.2, 0.25) is 0 Å². The normalized spacial score (nSPS) is 19.9. The number of sulfone groups is 1. The molecule has 0 aromatic heterocycles. The van der Waals surface area contributed by atoms with Gasteiger partial charge in [0.05, 0.1) is 16.0 Å². The molecule has 0 bridgehead atoms. The summed E-state index contributed by atoms with van der Waals surface area (Å²) < 4.78 is 65.2. The Hall–Kier alpha value is -2.39. The lowest BCUT2D eigenvalue weighted by molar-refractivity contribution is -0.138. The lowest BCUT2D eigenvalue weighted by atomic mass is 9.97. The monoisotopic (exact) mass is 480 g/mol. The fraction of sp³-hybridized carbons (Fsp3) is 0.458. The van der Waals surface area contributed by atoms with Crippen LogP contribution in [0.15, 0.2) is 47.4 Å². The van der Waals surface area contributed by atoms with Crippen LogP contribution in [0.4, 0.5) is 13.2 Å². The Morgan fingerprint density at radius 3 is 2.21 bits per heavy atom. The molecule has 2 heterocycles. The van der Waals surface area contributed by atoms with E-state index in [1.807, 2.05) is 0 Å². The molecular weight excluding hydrogens is 453 g/mol. The van der Waals surface area contributed by atoms with E-state index < -0.39 is 27.5 Å². The number of hydrogen-bond donors (Lipinski definition) is 0. The summed E-state index contributed by atoms with van der Waals surface area (Å²) >= 11 is 0. The van der Waals surface area contributed by atoms with Gasteiger partial charge in [-0.3, -0.25) is 4.79 Å². The van der Waals surface area contributed by atoms with E-state index in [0.29, 0.717) is 18.7 Å². The average molecular weight is 481 g/mol. The van der Waals surface area contributed by atoms with Crippen LogP contribution in [0.5, 0.6) is 0 Å². The number of carbonyl (C=O) groups is 1. The largest absolute Gasteiger partial charge is 0.417 e. The third-order valence-corrected chi connectivity index (χ3v) is 7.61. The maximum atomic E-state index is 14.0. The first-order chi connectivity index (χ1) is 15.5. The Kier molecular flexibility index (Phi) is 6.55. The number of alkyl halides is 3. The molecule has 0 spiro atoms. The van der Waals surface area contributed by atoms with Crippen LogP contribution >= 0.6 is 0 Å². The Morgan fingerprint density at radius 1 is 0.970 bits per heavy atom. The molecule has 2 saturated heterocycles. The minimum absolute atomic E-state index is 0.0695. The molecule has 2 aromatic rings. The number of amides is 1. The van der Waals surface area contributed by atoms with Crippen LogP contribution in [0, 0.1) is 0 Å². The molecule has 4 rings (SSSR count). The van der Waals surface area contributed by atoms with Crippen molar-refractivity contribution in [1.82, 2.24) is 9.80 Å². The van der Waals surface area contributed by atoms with Crippen LogP contribution in [-0.2, 0) is 16.0 Å². The predicted molar refractivity (Wildman–Crippen MR) is 120 cm³/mol. The third-order valence-electron chi connectivity index (χ3n) is 6.48. The fourth-order valence-electron chi connectivity index (χ4n) is 4.75. The molecule has 33 heavy (non-hydrogen) atoms. The number of rotatable bonds is 5. The van der Waals surface area contributed by atoms with Gasteiger partial charge in [-0.25, -0.2) is 8.42 Å². The summed E-state index contributed by atoms with van der Waals surface area (Å²) in [5.74, 6) is -0.581. The summed E-state index contributed by atoms with van der Waals surface area (Å²) in [6.45, 7) is 3.11. The van der Waals surface area contributed by atoms with Gasteiger partial charge in [0.25, 0.3) is 5.91 Å². The van der Waals surface area contributed by atoms with Crippen molar-refractivity contribution in [3.63, 3.8) is 0 Å². The Labute approximate surface area is 192 Å². The molecule has 178 valence electrons. The zero-order chi connectivity index (χ0) is 23.8. The molecule has 0 N–H and O–H groups in total. The summed E-state index contributed by atoms with van der Waals surface area (Å²) in [5, 5.41) is 0. The fourth-order valence-corrected chi connectivity index (χ4v) is 5.38. The SMILES string of the molecule is CS(=O)(=O)c1ccc(-c2ccc(C(=O)N3CCCC3CN3CCCC3)c(C(F)(F)F)c2)cc1. The maximum Gasteiger partial charge on any atom is 0.417 e. The van der Waals surface area contributed by atoms with Crippen molar-refractivity contribution in [2.24, 2.45) is 0 Å². The van der Waals surface area contributed by atoms with E-state index in [-0.39, 0.29) is 22.1 Å². The van der Waals surface area contributed by atoms with Crippen LogP contribution < -0.4 is 0 Å². The zero-order valence-corrected chi connectivity index (χ0v) is 19.3. The minimum Gasteiger partial charge on any atom is -0.334 e. The van der Waals surface area contributed by atoms with Gasteiger partial charge in [0.2, 0.25) is 0 Å². The smallest absolute Gasteiger partial charge is 0.334 e. The van der Waals surface area contributed by atoms with Crippen LogP contribution in [0.25, 0.3) is 11.1 Å². The Bertz CT molecular complexity index is 1120. The van der Waals surface area contributed by atoms with Gasteiger partial charge in [0.1, 0.15) is 0 Å². The first-order valence-corrected chi connectivity index (χ1v) is 13.0. The average Bonchev–Trinajstić information content (AvgIpc) is 3.44. The topological polar surface area (TPSA) is 57.7 Å². The van der Waals surface area contributed by atoms with Crippen molar-refractivity contribution in [2.75, 3.05) is 32.4 Å². The molecular formula is C24H27F3N2O3S. The molecule has 2 aliphatic heterocycles. The number of nitrogens with zero attached hydrogens (tertiary/aromatic N) is 2. The second-order valence-electron chi connectivity index (χ2n) is 8.86. The first kappa shape index (κ1) is 23.8. The lowest BCUT2D eigenvalue weighted by Crippen LogP contribution is -2.43. The molecule has 9 heteroatoms. The van der Waals surface area contributed by atoms with Gasteiger partial charge in [-0.1, -0.05) is 18.2 Å². The van der Waals surface area contributed by atoms with Gasteiger partial charge in [-0.15, -0.1) is 0 Å². The van der Waals surface area contributed by atoms with Crippen molar-refractivity contribution in [3.8, 4) is 11.1 Å². The van der Waals surface area contributed by atoms with Crippen LogP contribution in [0.3, 0.4) is 0 Å². The van der Waals surface area contributed by atoms with Gasteiger partial charge in [-0.2, -0.15) is 13.2 Å². The summed E-state index contributed by atoms with van der Waals surface area (Å²) in [6.07, 6.45) is 0.194. The van der Waals surface area contributed by atoms with Gasteiger partial charge in [0.15, 0.2) is 9.84 Å². The Balaban J connectivity index is 1.63. The zero-order valence-electron chi connectivity index (χ0n) is 18.4. The molecule has 0 aliphatic carbocycles. The summed E-state index contributed by atoms with van der Waals surface area (Å²) in [4.78, 5) is 17.2. The van der Waals surface area contributed by atoms with E-state index in [4.69, 9.17) is 0 Å². The van der Waals surface area contributed by atoms with Gasteiger partial charge >= 0.3 is 6.18 Å². The molecule has 1 amide bonds. The quantitative estimate of drug-likeness (QED) is 0.634. The molecule has 2 aromatic carbocycles.